The molecule has 5 aromatic rings. The van der Waals surface area contributed by atoms with Gasteiger partial charge in [-0.1, -0.05) is 71.8 Å². The van der Waals surface area contributed by atoms with Crippen molar-refractivity contribution in [3.63, 3.8) is 0 Å². The molecule has 0 unspecified atom stereocenters. The number of rotatable bonds is 7. The zero-order chi connectivity index (χ0) is 27.6. The van der Waals surface area contributed by atoms with E-state index >= 15 is 0 Å². The number of amides is 1. The Morgan fingerprint density at radius 1 is 0.975 bits per heavy atom. The second-order valence-corrected chi connectivity index (χ2v) is 10.4. The molecule has 202 valence electrons. The average molecular weight is 552 g/mol. The average Bonchev–Trinajstić information content (AvgIpc) is 3.37. The van der Waals surface area contributed by atoms with E-state index in [1.807, 2.05) is 73.7 Å². The third-order valence-electron chi connectivity index (χ3n) is 7.44. The van der Waals surface area contributed by atoms with Gasteiger partial charge in [-0.2, -0.15) is 0 Å². The van der Waals surface area contributed by atoms with Crippen LogP contribution in [0.2, 0.25) is 5.02 Å². The van der Waals surface area contributed by atoms with Crippen LogP contribution in [0.5, 0.6) is 11.5 Å². The van der Waals surface area contributed by atoms with Crippen molar-refractivity contribution in [2.45, 2.75) is 18.9 Å². The first-order chi connectivity index (χ1) is 19.5. The monoisotopic (exact) mass is 551 g/mol. The number of hydrogen-bond acceptors (Lipinski definition) is 4. The van der Waals surface area contributed by atoms with Crippen LogP contribution in [0.25, 0.3) is 10.9 Å². The van der Waals surface area contributed by atoms with E-state index < -0.39 is 0 Å². The predicted molar refractivity (Wildman–Crippen MR) is 160 cm³/mol. The van der Waals surface area contributed by atoms with Crippen molar-refractivity contribution in [3.05, 3.63) is 124 Å². The number of nitrogens with one attached hydrogen (secondary N) is 3. The number of hydrogen-bond donors (Lipinski definition) is 3. The molecule has 1 amide bonds. The van der Waals surface area contributed by atoms with Gasteiger partial charge in [-0.3, -0.25) is 4.79 Å². The van der Waals surface area contributed by atoms with E-state index in [0.29, 0.717) is 11.5 Å². The first-order valence-corrected chi connectivity index (χ1v) is 13.6. The number of para-hydroxylation sites is 1. The number of aromatic amines is 1. The molecule has 0 radical (unpaired) electrons. The summed E-state index contributed by atoms with van der Waals surface area (Å²) in [7, 11) is 1.61. The molecule has 4 aromatic carbocycles. The van der Waals surface area contributed by atoms with Gasteiger partial charge in [0.05, 0.1) is 13.2 Å². The molecule has 0 saturated heterocycles. The van der Waals surface area contributed by atoms with Crippen molar-refractivity contribution >= 4 is 34.1 Å². The maximum Gasteiger partial charge on any atom is 0.262 e. The number of carbonyl (C=O) groups excluding carboxylic acids is 1. The minimum absolute atomic E-state index is 0.0890. The molecule has 40 heavy (non-hydrogen) atoms. The molecule has 1 aliphatic heterocycles. The van der Waals surface area contributed by atoms with Crippen molar-refractivity contribution in [1.29, 1.82) is 0 Å². The van der Waals surface area contributed by atoms with Gasteiger partial charge in [-0.25, -0.2) is 0 Å². The molecule has 7 heteroatoms. The van der Waals surface area contributed by atoms with Crippen molar-refractivity contribution in [3.8, 4) is 11.5 Å². The number of H-pyrrole nitrogens is 1. The normalized spacial score (nSPS) is 16.4. The van der Waals surface area contributed by atoms with Crippen LogP contribution in [-0.4, -0.2) is 31.2 Å². The van der Waals surface area contributed by atoms with Gasteiger partial charge in [-0.15, -0.1) is 0 Å². The first-order valence-electron chi connectivity index (χ1n) is 13.3. The van der Waals surface area contributed by atoms with Gasteiger partial charge in [0.1, 0.15) is 0 Å². The summed E-state index contributed by atoms with van der Waals surface area (Å²) in [6, 6.07) is 29.8. The number of halogens is 1. The number of methoxy groups -OCH3 is 1. The summed E-state index contributed by atoms with van der Waals surface area (Å²) < 4.78 is 11.5. The number of ether oxygens (including phenoxy) is 2. The fraction of sp³-hybridized carbons (Fsp3) is 0.182. The highest BCUT2D eigenvalue weighted by atomic mass is 35.5. The summed E-state index contributed by atoms with van der Waals surface area (Å²) in [5.74, 6) is 0.935. The lowest BCUT2D eigenvalue weighted by Crippen LogP contribution is -2.34. The Morgan fingerprint density at radius 3 is 2.55 bits per heavy atom. The lowest BCUT2D eigenvalue weighted by molar-refractivity contribution is -0.118. The Bertz CT molecular complexity index is 1680. The Kier molecular flexibility index (Phi) is 7.20. The molecule has 0 aliphatic carbocycles. The summed E-state index contributed by atoms with van der Waals surface area (Å²) in [5, 5.41) is 8.54. The standard InChI is InChI=1S/C33H30ClN3O3/c1-20-11-14-22(15-12-20)36-30(38)19-40-28-16-13-21(17-29(28)39-2)32-33-31(24-8-4-6-10-27(24)37-33)25(18-35-32)23-7-3-5-9-26(23)34/h3-17,25,32,35,37H,18-19H2,1-2H3,(H,36,38)/t25-,32-/m0/s1. The quantitative estimate of drug-likeness (QED) is 0.204. The fourth-order valence-electron chi connectivity index (χ4n) is 5.50. The second-order valence-electron chi connectivity index (χ2n) is 10.0. The van der Waals surface area contributed by atoms with Crippen molar-refractivity contribution in [2.24, 2.45) is 0 Å². The number of benzene rings is 4. The lowest BCUT2D eigenvalue weighted by Gasteiger charge is -2.32. The molecule has 0 fully saturated rings. The van der Waals surface area contributed by atoms with E-state index in [2.05, 4.69) is 39.9 Å². The second kappa shape index (κ2) is 11.1. The van der Waals surface area contributed by atoms with E-state index in [9.17, 15) is 4.79 Å². The number of aromatic nitrogens is 1. The molecule has 0 spiro atoms. The molecule has 1 aliphatic rings. The largest absolute Gasteiger partial charge is 0.493 e. The van der Waals surface area contributed by atoms with Gasteiger partial charge >= 0.3 is 0 Å². The number of anilines is 1. The third-order valence-corrected chi connectivity index (χ3v) is 7.78. The number of carbonyl (C=O) groups is 1. The molecule has 2 heterocycles. The molecular formula is C33H30ClN3O3. The molecule has 6 rings (SSSR count). The van der Waals surface area contributed by atoms with Crippen LogP contribution in [0.15, 0.2) is 91.0 Å². The maximum absolute atomic E-state index is 12.5. The van der Waals surface area contributed by atoms with Gasteiger partial charge in [0.15, 0.2) is 18.1 Å². The highest BCUT2D eigenvalue weighted by molar-refractivity contribution is 6.31. The summed E-state index contributed by atoms with van der Waals surface area (Å²) in [4.78, 5) is 16.2. The Labute approximate surface area is 238 Å². The summed E-state index contributed by atoms with van der Waals surface area (Å²) in [6.07, 6.45) is 0. The predicted octanol–water partition coefficient (Wildman–Crippen LogP) is 6.98. The van der Waals surface area contributed by atoms with Crippen LogP contribution in [0, 0.1) is 6.92 Å². The molecule has 2 atom stereocenters. The highest BCUT2D eigenvalue weighted by Gasteiger charge is 2.33. The molecule has 6 nitrogen and oxygen atoms in total. The summed E-state index contributed by atoms with van der Waals surface area (Å²) in [6.45, 7) is 2.60. The van der Waals surface area contributed by atoms with E-state index in [0.717, 1.165) is 45.2 Å². The summed E-state index contributed by atoms with van der Waals surface area (Å²) >= 11 is 6.66. The number of fused-ring (bicyclic) bond motifs is 3. The highest BCUT2D eigenvalue weighted by Crippen LogP contribution is 2.44. The van der Waals surface area contributed by atoms with Crippen LogP contribution in [0.1, 0.15) is 39.9 Å². The minimum atomic E-state index is -0.239. The third kappa shape index (κ3) is 5.04. The minimum Gasteiger partial charge on any atom is -0.493 e. The van der Waals surface area contributed by atoms with Crippen LogP contribution in [-0.2, 0) is 4.79 Å². The van der Waals surface area contributed by atoms with Crippen LogP contribution < -0.4 is 20.1 Å². The SMILES string of the molecule is COc1cc([C@@H]2NC[C@@H](c3ccccc3Cl)c3c2[nH]c2ccccc32)ccc1OCC(=O)Nc1ccc(C)cc1. The van der Waals surface area contributed by atoms with Crippen molar-refractivity contribution in [2.75, 3.05) is 25.6 Å². The smallest absolute Gasteiger partial charge is 0.262 e. The van der Waals surface area contributed by atoms with E-state index in [1.165, 1.54) is 10.9 Å². The van der Waals surface area contributed by atoms with Gasteiger partial charge < -0.3 is 25.1 Å². The zero-order valence-corrected chi connectivity index (χ0v) is 23.1. The van der Waals surface area contributed by atoms with Crippen LogP contribution in [0.3, 0.4) is 0 Å². The van der Waals surface area contributed by atoms with E-state index in [4.69, 9.17) is 21.1 Å². The van der Waals surface area contributed by atoms with Crippen LogP contribution in [0.4, 0.5) is 5.69 Å². The molecule has 3 N–H and O–H groups in total. The van der Waals surface area contributed by atoms with Gasteiger partial charge in [0.25, 0.3) is 5.91 Å². The Morgan fingerprint density at radius 2 is 1.75 bits per heavy atom. The first kappa shape index (κ1) is 26.0. The topological polar surface area (TPSA) is 75.4 Å². The fourth-order valence-corrected chi connectivity index (χ4v) is 5.76. The molecular weight excluding hydrogens is 522 g/mol. The van der Waals surface area contributed by atoms with Crippen molar-refractivity contribution < 1.29 is 14.3 Å². The van der Waals surface area contributed by atoms with Gasteiger partial charge in [0, 0.05) is 39.8 Å². The molecule has 0 saturated carbocycles. The maximum atomic E-state index is 12.5. The van der Waals surface area contributed by atoms with Gasteiger partial charge in [0.2, 0.25) is 0 Å². The van der Waals surface area contributed by atoms with E-state index in [-0.39, 0.29) is 24.5 Å². The number of aryl methyl sites for hydroxylation is 1. The Hall–Kier alpha value is -4.26. The van der Waals surface area contributed by atoms with Crippen LogP contribution >= 0.6 is 11.6 Å². The van der Waals surface area contributed by atoms with Gasteiger partial charge in [-0.05, 0) is 60.0 Å². The Balaban J connectivity index is 1.27. The summed E-state index contributed by atoms with van der Waals surface area (Å²) in [5.41, 5.74) is 7.43. The molecule has 1 aromatic heterocycles. The van der Waals surface area contributed by atoms with E-state index in [1.54, 1.807) is 7.11 Å². The zero-order valence-electron chi connectivity index (χ0n) is 22.3. The lowest BCUT2D eigenvalue weighted by atomic mass is 9.83. The van der Waals surface area contributed by atoms with Crippen molar-refractivity contribution in [1.82, 2.24) is 10.3 Å². The molecule has 0 bridgehead atoms.